The second kappa shape index (κ2) is 7.48. The molecule has 7 atom stereocenters. The number of hydrogen-bond donors (Lipinski definition) is 0. The molecule has 3 fully saturated rings. The van der Waals surface area contributed by atoms with E-state index in [1.165, 1.54) is 51.4 Å². The average molecular weight is 381 g/mol. The molecule has 0 aromatic rings. The zero-order valence-corrected chi connectivity index (χ0v) is 19.4. The van der Waals surface area contributed by atoms with E-state index in [0.717, 1.165) is 23.7 Å². The Labute approximate surface area is 175 Å². The minimum absolute atomic E-state index is 0.486. The monoisotopic (exact) mass is 380 g/mol. The van der Waals surface area contributed by atoms with E-state index in [4.69, 9.17) is 0 Å². The maximum Gasteiger partial charge on any atom is -0.00476 e. The molecule has 4 rings (SSSR count). The zero-order chi connectivity index (χ0) is 20.1. The molecule has 7 unspecified atom stereocenters. The molecule has 0 aromatic heterocycles. The van der Waals surface area contributed by atoms with Crippen LogP contribution in [0.2, 0.25) is 0 Å². The van der Waals surface area contributed by atoms with Crippen molar-refractivity contribution in [3.8, 4) is 0 Å². The van der Waals surface area contributed by atoms with Gasteiger partial charge in [0.05, 0.1) is 0 Å². The molecule has 4 aliphatic rings. The first-order valence-electron chi connectivity index (χ1n) is 12.4. The third kappa shape index (κ3) is 3.18. The number of rotatable bonds is 4. The van der Waals surface area contributed by atoms with Crippen LogP contribution in [0.25, 0.3) is 0 Å². The molecule has 3 saturated carbocycles. The van der Waals surface area contributed by atoms with E-state index in [1.807, 2.05) is 5.57 Å². The van der Waals surface area contributed by atoms with Gasteiger partial charge in [-0.3, -0.25) is 0 Å². The molecular formula is C28H44. The van der Waals surface area contributed by atoms with Crippen molar-refractivity contribution in [2.75, 3.05) is 0 Å². The normalized spacial score (nSPS) is 42.5. The summed E-state index contributed by atoms with van der Waals surface area (Å²) in [6, 6.07) is 0. The largest absolute Gasteiger partial charge is 0.0852 e. The van der Waals surface area contributed by atoms with Crippen molar-refractivity contribution < 1.29 is 0 Å². The third-order valence-electron chi connectivity index (χ3n) is 9.96. The molecule has 0 heterocycles. The first kappa shape index (κ1) is 20.5. The molecular weight excluding hydrogens is 336 g/mol. The predicted octanol–water partition coefficient (Wildman–Crippen LogP) is 8.36. The molecule has 0 spiro atoms. The van der Waals surface area contributed by atoms with Crippen LogP contribution in [-0.4, -0.2) is 0 Å². The molecule has 0 aromatic carbocycles. The van der Waals surface area contributed by atoms with Crippen molar-refractivity contribution in [1.29, 1.82) is 0 Å². The first-order valence-corrected chi connectivity index (χ1v) is 12.4. The van der Waals surface area contributed by atoms with E-state index in [-0.39, 0.29) is 0 Å². The smallest absolute Gasteiger partial charge is 0.00476 e. The minimum atomic E-state index is 0.486. The summed E-state index contributed by atoms with van der Waals surface area (Å²) in [4.78, 5) is 0. The summed E-state index contributed by atoms with van der Waals surface area (Å²) in [5, 5.41) is 0. The quantitative estimate of drug-likeness (QED) is 0.430. The Morgan fingerprint density at radius 1 is 0.893 bits per heavy atom. The van der Waals surface area contributed by atoms with Crippen LogP contribution in [0, 0.1) is 46.3 Å². The van der Waals surface area contributed by atoms with Gasteiger partial charge in [-0.15, -0.1) is 0 Å². The summed E-state index contributed by atoms with van der Waals surface area (Å²) in [6.07, 6.45) is 21.7. The third-order valence-corrected chi connectivity index (χ3v) is 9.96. The van der Waals surface area contributed by atoms with Gasteiger partial charge in [-0.05, 0) is 91.3 Å². The highest BCUT2D eigenvalue weighted by Gasteiger charge is 2.56. The van der Waals surface area contributed by atoms with Gasteiger partial charge in [-0.25, -0.2) is 0 Å². The lowest BCUT2D eigenvalue weighted by Crippen LogP contribution is -2.45. The van der Waals surface area contributed by atoms with Gasteiger partial charge in [0.15, 0.2) is 0 Å². The SMILES string of the molecule is CC(C)C(C)/C=C/C(C)C1CCC2C3=CC=C4CCCCC4(C)C3CCC21C. The predicted molar refractivity (Wildman–Crippen MR) is 122 cm³/mol. The maximum atomic E-state index is 2.66. The molecule has 0 nitrogen and oxygen atoms in total. The summed E-state index contributed by atoms with van der Waals surface area (Å²) in [5.41, 5.74) is 4.64. The maximum absolute atomic E-state index is 2.66. The van der Waals surface area contributed by atoms with Crippen molar-refractivity contribution in [2.45, 2.75) is 92.9 Å². The van der Waals surface area contributed by atoms with E-state index in [9.17, 15) is 0 Å². The highest BCUT2D eigenvalue weighted by molar-refractivity contribution is 5.38. The number of hydrogen-bond acceptors (Lipinski definition) is 0. The number of allylic oxidation sites excluding steroid dienone is 6. The molecule has 4 aliphatic carbocycles. The van der Waals surface area contributed by atoms with Gasteiger partial charge in [0.1, 0.15) is 0 Å². The van der Waals surface area contributed by atoms with Crippen LogP contribution in [0.3, 0.4) is 0 Å². The van der Waals surface area contributed by atoms with E-state index < -0.39 is 0 Å². The van der Waals surface area contributed by atoms with Crippen molar-refractivity contribution in [3.05, 3.63) is 35.5 Å². The molecule has 0 bridgehead atoms. The lowest BCUT2D eigenvalue weighted by Gasteiger charge is -2.54. The summed E-state index contributed by atoms with van der Waals surface area (Å²) in [7, 11) is 0. The van der Waals surface area contributed by atoms with Crippen LogP contribution in [0.15, 0.2) is 35.5 Å². The van der Waals surface area contributed by atoms with Crippen molar-refractivity contribution in [3.63, 3.8) is 0 Å². The summed E-state index contributed by atoms with van der Waals surface area (Å²) in [6.45, 7) is 14.8. The Bertz CT molecular complexity index is 676. The molecule has 0 aliphatic heterocycles. The lowest BCUT2D eigenvalue weighted by atomic mass is 9.50. The van der Waals surface area contributed by atoms with Crippen LogP contribution in [0.1, 0.15) is 92.9 Å². The van der Waals surface area contributed by atoms with Crippen molar-refractivity contribution in [2.24, 2.45) is 46.3 Å². The molecule has 0 saturated heterocycles. The van der Waals surface area contributed by atoms with Crippen LogP contribution < -0.4 is 0 Å². The Hall–Kier alpha value is -0.780. The van der Waals surface area contributed by atoms with E-state index in [2.05, 4.69) is 65.8 Å². The Balaban J connectivity index is 1.57. The lowest BCUT2D eigenvalue weighted by molar-refractivity contribution is 0.0575. The van der Waals surface area contributed by atoms with E-state index >= 15 is 0 Å². The molecule has 156 valence electrons. The Morgan fingerprint density at radius 3 is 2.43 bits per heavy atom. The second-order valence-corrected chi connectivity index (χ2v) is 11.7. The van der Waals surface area contributed by atoms with Crippen LogP contribution in [-0.2, 0) is 0 Å². The summed E-state index contributed by atoms with van der Waals surface area (Å²) in [5.74, 6) is 4.70. The fraction of sp³-hybridized carbons (Fsp3) is 0.786. The average Bonchev–Trinajstić information content (AvgIpc) is 3.02. The molecule has 0 amide bonds. The van der Waals surface area contributed by atoms with Gasteiger partial charge in [0.2, 0.25) is 0 Å². The van der Waals surface area contributed by atoms with Gasteiger partial charge in [0.25, 0.3) is 0 Å². The number of fused-ring (bicyclic) bond motifs is 5. The van der Waals surface area contributed by atoms with Gasteiger partial charge < -0.3 is 0 Å². The molecule has 0 heteroatoms. The Kier molecular flexibility index (Phi) is 5.47. The topological polar surface area (TPSA) is 0 Å². The van der Waals surface area contributed by atoms with Crippen molar-refractivity contribution >= 4 is 0 Å². The second-order valence-electron chi connectivity index (χ2n) is 11.7. The molecule has 0 radical (unpaired) electrons. The fourth-order valence-electron chi connectivity index (χ4n) is 7.65. The van der Waals surface area contributed by atoms with Crippen LogP contribution in [0.4, 0.5) is 0 Å². The highest BCUT2D eigenvalue weighted by atomic mass is 14.6. The summed E-state index contributed by atoms with van der Waals surface area (Å²) >= 11 is 0. The van der Waals surface area contributed by atoms with E-state index in [0.29, 0.717) is 22.7 Å². The van der Waals surface area contributed by atoms with Gasteiger partial charge in [-0.1, -0.05) is 83.4 Å². The fourth-order valence-corrected chi connectivity index (χ4v) is 7.65. The van der Waals surface area contributed by atoms with Crippen molar-refractivity contribution in [1.82, 2.24) is 0 Å². The highest BCUT2D eigenvalue weighted by Crippen LogP contribution is 2.65. The van der Waals surface area contributed by atoms with Gasteiger partial charge in [-0.2, -0.15) is 0 Å². The van der Waals surface area contributed by atoms with E-state index in [1.54, 1.807) is 5.57 Å². The molecule has 0 N–H and O–H groups in total. The first-order chi connectivity index (χ1) is 13.3. The molecule has 28 heavy (non-hydrogen) atoms. The van der Waals surface area contributed by atoms with Gasteiger partial charge >= 0.3 is 0 Å². The van der Waals surface area contributed by atoms with Crippen LogP contribution in [0.5, 0.6) is 0 Å². The zero-order valence-electron chi connectivity index (χ0n) is 19.4. The minimum Gasteiger partial charge on any atom is -0.0852 e. The summed E-state index contributed by atoms with van der Waals surface area (Å²) < 4.78 is 0. The van der Waals surface area contributed by atoms with Crippen LogP contribution >= 0.6 is 0 Å². The van der Waals surface area contributed by atoms with Gasteiger partial charge in [0, 0.05) is 0 Å². The Morgan fingerprint density at radius 2 is 1.68 bits per heavy atom. The standard InChI is InChI=1S/C28H44/c1-19(2)20(3)10-11-21(4)24-14-15-25-23-13-12-22-9-7-8-17-27(22,5)26(23)16-18-28(24,25)6/h10-13,19-21,24-26H,7-9,14-18H2,1-6H3/b11-10+.